The van der Waals surface area contributed by atoms with Crippen LogP contribution >= 0.6 is 0 Å². The number of nitrogens with zero attached hydrogens (tertiary/aromatic N) is 1. The molecule has 1 aromatic heterocycles. The van der Waals surface area contributed by atoms with Gasteiger partial charge in [0.05, 0.1) is 13.3 Å². The first-order valence-electron chi connectivity index (χ1n) is 4.77. The van der Waals surface area contributed by atoms with Crippen molar-refractivity contribution in [2.24, 2.45) is 0 Å². The highest BCUT2D eigenvalue weighted by Crippen LogP contribution is 2.31. The highest BCUT2D eigenvalue weighted by Gasteiger charge is 2.11. The first-order chi connectivity index (χ1) is 7.63. The average molecular weight is 221 g/mol. The van der Waals surface area contributed by atoms with Gasteiger partial charge in [-0.25, -0.2) is 4.39 Å². The number of hydrogen-bond donors (Lipinski definition) is 2. The molecule has 0 aliphatic carbocycles. The van der Waals surface area contributed by atoms with Crippen molar-refractivity contribution >= 4 is 5.82 Å². The van der Waals surface area contributed by atoms with Crippen LogP contribution in [0.3, 0.4) is 0 Å². The number of anilines is 1. The number of benzene rings is 1. The lowest BCUT2D eigenvalue weighted by Gasteiger charge is -2.08. The number of aromatic amines is 1. The first-order valence-corrected chi connectivity index (χ1v) is 4.77. The molecule has 2 aromatic rings. The van der Waals surface area contributed by atoms with Crippen molar-refractivity contribution in [2.45, 2.75) is 6.92 Å². The van der Waals surface area contributed by atoms with Gasteiger partial charge in [-0.15, -0.1) is 0 Å². The smallest absolute Gasteiger partial charge is 0.130 e. The normalized spacial score (nSPS) is 10.4. The Morgan fingerprint density at radius 2 is 2.19 bits per heavy atom. The molecule has 1 heterocycles. The number of methoxy groups -OCH3 is 1. The van der Waals surface area contributed by atoms with Crippen LogP contribution in [0.2, 0.25) is 0 Å². The van der Waals surface area contributed by atoms with E-state index in [0.29, 0.717) is 28.3 Å². The van der Waals surface area contributed by atoms with Gasteiger partial charge in [0.2, 0.25) is 0 Å². The number of rotatable bonds is 2. The molecule has 1 aromatic carbocycles. The molecule has 16 heavy (non-hydrogen) atoms. The maximum atomic E-state index is 13.6. The van der Waals surface area contributed by atoms with Gasteiger partial charge in [0.15, 0.2) is 0 Å². The number of aromatic nitrogens is 2. The number of nitrogens with two attached hydrogens (primary N) is 1. The summed E-state index contributed by atoms with van der Waals surface area (Å²) in [7, 11) is 1.50. The minimum atomic E-state index is -0.324. The Morgan fingerprint density at radius 3 is 2.75 bits per heavy atom. The van der Waals surface area contributed by atoms with Crippen molar-refractivity contribution in [1.29, 1.82) is 0 Å². The Kier molecular flexibility index (Phi) is 2.52. The topological polar surface area (TPSA) is 63.9 Å². The lowest BCUT2D eigenvalue weighted by Crippen LogP contribution is -1.93. The number of ether oxygens (including phenoxy) is 1. The third kappa shape index (κ3) is 1.60. The van der Waals surface area contributed by atoms with Crippen LogP contribution in [-0.4, -0.2) is 17.3 Å². The van der Waals surface area contributed by atoms with Crippen LogP contribution < -0.4 is 10.5 Å². The van der Waals surface area contributed by atoms with E-state index in [1.54, 1.807) is 19.2 Å². The van der Waals surface area contributed by atoms with Crippen molar-refractivity contribution in [3.63, 3.8) is 0 Å². The maximum absolute atomic E-state index is 13.6. The molecule has 0 saturated carbocycles. The fraction of sp³-hybridized carbons (Fsp3) is 0.182. The minimum Gasteiger partial charge on any atom is -0.496 e. The molecule has 3 N–H and O–H groups in total. The van der Waals surface area contributed by atoms with E-state index >= 15 is 0 Å². The minimum absolute atomic E-state index is 0.324. The molecule has 0 fully saturated rings. The summed E-state index contributed by atoms with van der Waals surface area (Å²) in [5.41, 5.74) is 7.46. The predicted octanol–water partition coefficient (Wildman–Crippen LogP) is 2.12. The monoisotopic (exact) mass is 221 g/mol. The van der Waals surface area contributed by atoms with Crippen molar-refractivity contribution in [1.82, 2.24) is 10.2 Å². The van der Waals surface area contributed by atoms with Gasteiger partial charge >= 0.3 is 0 Å². The predicted molar refractivity (Wildman–Crippen MR) is 59.7 cm³/mol. The fourth-order valence-electron chi connectivity index (χ4n) is 1.55. The van der Waals surface area contributed by atoms with Crippen LogP contribution in [0.5, 0.6) is 5.75 Å². The zero-order chi connectivity index (χ0) is 11.7. The van der Waals surface area contributed by atoms with Crippen LogP contribution in [0.4, 0.5) is 10.2 Å². The highest BCUT2D eigenvalue weighted by atomic mass is 19.1. The van der Waals surface area contributed by atoms with Crippen molar-refractivity contribution in [3.8, 4) is 16.9 Å². The number of hydrogen-bond acceptors (Lipinski definition) is 3. The molecular weight excluding hydrogens is 209 g/mol. The quantitative estimate of drug-likeness (QED) is 0.816. The molecule has 4 nitrogen and oxygen atoms in total. The maximum Gasteiger partial charge on any atom is 0.130 e. The number of nitrogens with one attached hydrogen (secondary N) is 1. The molecule has 0 aliphatic rings. The van der Waals surface area contributed by atoms with E-state index in [2.05, 4.69) is 10.2 Å². The molecule has 0 spiro atoms. The van der Waals surface area contributed by atoms with Gasteiger partial charge in [0.1, 0.15) is 17.4 Å². The summed E-state index contributed by atoms with van der Waals surface area (Å²) >= 11 is 0. The van der Waals surface area contributed by atoms with Crippen LogP contribution in [0.25, 0.3) is 11.1 Å². The zero-order valence-corrected chi connectivity index (χ0v) is 9.04. The highest BCUT2D eigenvalue weighted by molar-refractivity contribution is 5.74. The Bertz CT molecular complexity index is 522. The van der Waals surface area contributed by atoms with Crippen LogP contribution in [0.1, 0.15) is 5.56 Å². The van der Waals surface area contributed by atoms with E-state index in [0.717, 1.165) is 0 Å². The third-order valence-electron chi connectivity index (χ3n) is 2.50. The number of nitrogen functional groups attached to an aromatic ring is 1. The van der Waals surface area contributed by atoms with Crippen LogP contribution in [0.15, 0.2) is 18.3 Å². The fourth-order valence-corrected chi connectivity index (χ4v) is 1.55. The molecule has 84 valence electrons. The van der Waals surface area contributed by atoms with E-state index in [1.807, 2.05) is 0 Å². The molecule has 0 radical (unpaired) electrons. The Labute approximate surface area is 92.2 Å². The van der Waals surface area contributed by atoms with Gasteiger partial charge < -0.3 is 10.5 Å². The lowest BCUT2D eigenvalue weighted by molar-refractivity contribution is 0.407. The van der Waals surface area contributed by atoms with Crippen molar-refractivity contribution < 1.29 is 9.13 Å². The van der Waals surface area contributed by atoms with E-state index in [9.17, 15) is 4.39 Å². The van der Waals surface area contributed by atoms with Crippen molar-refractivity contribution in [3.05, 3.63) is 29.7 Å². The standard InChI is InChI=1S/C11H12FN3O/c1-6-9(12)3-7(4-10(6)16-2)8-5-14-15-11(8)13/h3-5H,1-2H3,(H3,13,14,15). The summed E-state index contributed by atoms with van der Waals surface area (Å²) < 4.78 is 18.7. The van der Waals surface area contributed by atoms with Gasteiger partial charge in [-0.2, -0.15) is 5.10 Å². The molecule has 2 rings (SSSR count). The van der Waals surface area contributed by atoms with Gasteiger partial charge in [-0.05, 0) is 24.6 Å². The molecule has 0 saturated heterocycles. The second-order valence-corrected chi connectivity index (χ2v) is 3.48. The van der Waals surface area contributed by atoms with E-state index < -0.39 is 0 Å². The van der Waals surface area contributed by atoms with Crippen LogP contribution in [0, 0.1) is 12.7 Å². The molecule has 0 atom stereocenters. The second kappa shape index (κ2) is 3.84. The van der Waals surface area contributed by atoms with E-state index in [1.165, 1.54) is 13.2 Å². The molecule has 0 unspecified atom stereocenters. The van der Waals surface area contributed by atoms with Gasteiger partial charge in [-0.3, -0.25) is 5.10 Å². The van der Waals surface area contributed by atoms with Gasteiger partial charge in [-0.1, -0.05) is 0 Å². The molecule has 0 aliphatic heterocycles. The third-order valence-corrected chi connectivity index (χ3v) is 2.50. The van der Waals surface area contributed by atoms with Crippen LogP contribution in [-0.2, 0) is 0 Å². The van der Waals surface area contributed by atoms with Crippen molar-refractivity contribution in [2.75, 3.05) is 12.8 Å². The molecule has 5 heteroatoms. The summed E-state index contributed by atoms with van der Waals surface area (Å²) in [6.45, 7) is 1.66. The Hall–Kier alpha value is -2.04. The second-order valence-electron chi connectivity index (χ2n) is 3.48. The summed E-state index contributed by atoms with van der Waals surface area (Å²) in [6, 6.07) is 3.15. The summed E-state index contributed by atoms with van der Waals surface area (Å²) in [5, 5.41) is 6.40. The molecule has 0 bridgehead atoms. The van der Waals surface area contributed by atoms with Gasteiger partial charge in [0, 0.05) is 11.1 Å². The van der Waals surface area contributed by atoms with Gasteiger partial charge in [0.25, 0.3) is 0 Å². The Balaban J connectivity index is 2.59. The zero-order valence-electron chi connectivity index (χ0n) is 9.04. The first kappa shape index (κ1) is 10.5. The molecule has 0 amide bonds. The largest absolute Gasteiger partial charge is 0.496 e. The number of halogens is 1. The number of H-pyrrole nitrogens is 1. The lowest BCUT2D eigenvalue weighted by atomic mass is 10.1. The van der Waals surface area contributed by atoms with E-state index in [4.69, 9.17) is 10.5 Å². The SMILES string of the molecule is COc1cc(-c2cn[nH]c2N)cc(F)c1C. The summed E-state index contributed by atoms with van der Waals surface area (Å²) in [5.74, 6) is 0.579. The van der Waals surface area contributed by atoms with E-state index in [-0.39, 0.29) is 5.82 Å². The summed E-state index contributed by atoms with van der Waals surface area (Å²) in [6.07, 6.45) is 1.55. The molecular formula is C11H12FN3O. The summed E-state index contributed by atoms with van der Waals surface area (Å²) in [4.78, 5) is 0. The Morgan fingerprint density at radius 1 is 1.44 bits per heavy atom. The average Bonchev–Trinajstić information content (AvgIpc) is 2.68.